The molecule has 3 heterocycles. The highest BCUT2D eigenvalue weighted by atomic mass is 16.5. The Balaban J connectivity index is 0.000000318. The number of carbonyl (C=O) groups is 1. The van der Waals surface area contributed by atoms with Gasteiger partial charge in [0.05, 0.1) is 31.6 Å². The van der Waals surface area contributed by atoms with Crippen molar-refractivity contribution in [2.75, 3.05) is 47.6 Å². The Morgan fingerprint density at radius 1 is 0.660 bits per heavy atom. The summed E-state index contributed by atoms with van der Waals surface area (Å²) in [5, 5.41) is 15.7. The maximum absolute atomic E-state index is 9.98. The van der Waals surface area contributed by atoms with Gasteiger partial charge in [0.25, 0.3) is 0 Å². The van der Waals surface area contributed by atoms with Gasteiger partial charge in [0.1, 0.15) is 5.78 Å². The molecule has 3 aliphatic rings. The summed E-state index contributed by atoms with van der Waals surface area (Å²) in [6.45, 7) is 14.7. The SMILES string of the molecule is CB1OC(CN)c2ccccc21.CCC1OB(C)c2ccccc21.CCC1OB(C)c2ccccc21.CNCC(C)=O.CNCN.CNCO. The minimum Gasteiger partial charge on any atom is -0.424 e. The normalized spacial score (nSPS) is 17.4. The second-order valence-electron chi connectivity index (χ2n) is 12.0. The summed E-state index contributed by atoms with van der Waals surface area (Å²) in [5.41, 5.74) is 18.5. The van der Waals surface area contributed by atoms with Crippen LogP contribution in [0, 0.1) is 0 Å². The molecule has 0 bridgehead atoms. The Morgan fingerprint density at radius 2 is 0.980 bits per heavy atom. The van der Waals surface area contributed by atoms with Crippen molar-refractivity contribution in [2.24, 2.45) is 11.5 Å². The van der Waals surface area contributed by atoms with Crippen molar-refractivity contribution in [3.63, 3.8) is 0 Å². The lowest BCUT2D eigenvalue weighted by molar-refractivity contribution is -0.116. The van der Waals surface area contributed by atoms with Gasteiger partial charge in [-0.2, -0.15) is 0 Å². The molecule has 0 radical (unpaired) electrons. The van der Waals surface area contributed by atoms with E-state index in [0.717, 1.165) is 12.8 Å². The Kier molecular flexibility index (Phi) is 23.5. The van der Waals surface area contributed by atoms with Gasteiger partial charge in [0, 0.05) is 13.2 Å². The lowest BCUT2D eigenvalue weighted by atomic mass is 9.64. The van der Waals surface area contributed by atoms with E-state index >= 15 is 0 Å². The summed E-state index contributed by atoms with van der Waals surface area (Å²) in [7, 11) is 5.24. The van der Waals surface area contributed by atoms with Crippen LogP contribution in [0.1, 0.15) is 68.6 Å². The van der Waals surface area contributed by atoms with E-state index in [4.69, 9.17) is 30.5 Å². The molecular formula is C37H62B3N5O5. The first-order valence-corrected chi connectivity index (χ1v) is 17.8. The quantitative estimate of drug-likeness (QED) is 0.161. The fraction of sp³-hybridized carbons (Fsp3) is 0.486. The highest BCUT2D eigenvalue weighted by Gasteiger charge is 2.31. The van der Waals surface area contributed by atoms with Crippen molar-refractivity contribution in [1.82, 2.24) is 16.0 Å². The molecule has 0 fully saturated rings. The van der Waals surface area contributed by atoms with Gasteiger partial charge >= 0.3 is 20.7 Å². The van der Waals surface area contributed by atoms with Gasteiger partial charge in [-0.1, -0.05) is 107 Å². The summed E-state index contributed by atoms with van der Waals surface area (Å²) < 4.78 is 17.2. The predicted octanol–water partition coefficient (Wildman–Crippen LogP) is 2.61. The van der Waals surface area contributed by atoms with Crippen molar-refractivity contribution in [2.45, 2.75) is 72.4 Å². The van der Waals surface area contributed by atoms with E-state index in [1.165, 1.54) is 33.1 Å². The van der Waals surface area contributed by atoms with E-state index in [-0.39, 0.29) is 39.4 Å². The minimum absolute atomic E-state index is 0.0694. The highest BCUT2D eigenvalue weighted by Crippen LogP contribution is 2.27. The van der Waals surface area contributed by atoms with Crippen LogP contribution in [-0.4, -0.2) is 79.3 Å². The molecule has 3 aliphatic heterocycles. The number of benzene rings is 3. The van der Waals surface area contributed by atoms with E-state index in [9.17, 15) is 4.79 Å². The van der Waals surface area contributed by atoms with Gasteiger partial charge < -0.3 is 41.2 Å². The van der Waals surface area contributed by atoms with Crippen LogP contribution in [0.3, 0.4) is 0 Å². The van der Waals surface area contributed by atoms with Crippen LogP contribution < -0.4 is 43.8 Å². The summed E-state index contributed by atoms with van der Waals surface area (Å²) in [6.07, 6.45) is 2.91. The van der Waals surface area contributed by atoms with Crippen molar-refractivity contribution in [3.8, 4) is 0 Å². The van der Waals surface area contributed by atoms with E-state index < -0.39 is 0 Å². The molecule has 0 spiro atoms. The molecule has 274 valence electrons. The largest absolute Gasteiger partial charge is 0.424 e. The second-order valence-corrected chi connectivity index (χ2v) is 12.0. The third-order valence-electron chi connectivity index (χ3n) is 8.19. The van der Waals surface area contributed by atoms with Gasteiger partial charge in [-0.25, -0.2) is 0 Å². The smallest absolute Gasteiger partial charge is 0.324 e. The number of rotatable bonds is 7. The molecule has 50 heavy (non-hydrogen) atoms. The first-order valence-electron chi connectivity index (χ1n) is 17.8. The highest BCUT2D eigenvalue weighted by molar-refractivity contribution is 6.68. The first-order chi connectivity index (χ1) is 24.1. The molecular weight excluding hydrogens is 627 g/mol. The van der Waals surface area contributed by atoms with Crippen molar-refractivity contribution in [1.29, 1.82) is 0 Å². The maximum Gasteiger partial charge on any atom is 0.324 e. The fourth-order valence-electron chi connectivity index (χ4n) is 5.77. The molecule has 0 amide bonds. The number of aliphatic hydroxyl groups excluding tert-OH is 1. The van der Waals surface area contributed by atoms with Gasteiger partial charge in [-0.15, -0.1) is 0 Å². The van der Waals surface area contributed by atoms with Crippen molar-refractivity contribution < 1.29 is 23.9 Å². The molecule has 8 N–H and O–H groups in total. The molecule has 6 rings (SSSR count). The molecule has 0 aromatic heterocycles. The third-order valence-corrected chi connectivity index (χ3v) is 8.19. The fourth-order valence-corrected chi connectivity index (χ4v) is 5.77. The molecule has 3 aromatic carbocycles. The number of likely N-dealkylation sites (N-methyl/N-ethyl adjacent to an activating group) is 1. The third kappa shape index (κ3) is 14.8. The van der Waals surface area contributed by atoms with E-state index in [1.807, 2.05) is 12.1 Å². The maximum atomic E-state index is 9.98. The first kappa shape index (κ1) is 45.2. The Morgan fingerprint density at radius 3 is 1.22 bits per heavy atom. The van der Waals surface area contributed by atoms with Crippen LogP contribution in [0.5, 0.6) is 0 Å². The number of Topliss-reactive ketones (excluding diaryl/α,β-unsaturated/α-hetero) is 1. The Labute approximate surface area is 303 Å². The van der Waals surface area contributed by atoms with Crippen molar-refractivity contribution in [3.05, 3.63) is 89.5 Å². The van der Waals surface area contributed by atoms with Crippen LogP contribution in [0.25, 0.3) is 0 Å². The molecule has 3 atom stereocenters. The molecule has 0 saturated heterocycles. The van der Waals surface area contributed by atoms with Crippen molar-refractivity contribution >= 4 is 42.9 Å². The number of hydrogen-bond donors (Lipinski definition) is 6. The zero-order chi connectivity index (χ0) is 37.5. The average Bonchev–Trinajstić information content (AvgIpc) is 3.78. The topological polar surface area (TPSA) is 153 Å². The molecule has 3 unspecified atom stereocenters. The summed E-state index contributed by atoms with van der Waals surface area (Å²) >= 11 is 0. The van der Waals surface area contributed by atoms with E-state index in [0.29, 0.717) is 32.0 Å². The summed E-state index contributed by atoms with van der Waals surface area (Å²) in [5.74, 6) is 0.178. The number of carbonyl (C=O) groups excluding carboxylic acids is 1. The van der Waals surface area contributed by atoms with Gasteiger partial charge in [0.15, 0.2) is 0 Å². The molecule has 10 nitrogen and oxygen atoms in total. The van der Waals surface area contributed by atoms with Crippen LogP contribution in [0.2, 0.25) is 20.5 Å². The number of ketones is 1. The molecule has 13 heteroatoms. The molecule has 0 saturated carbocycles. The minimum atomic E-state index is 0.0694. The standard InChI is InChI=1S/2C10H13BO.C9H12BNO.C4H9NO.C2H8N2.C2H7NO/c2*1-3-10-8-6-4-5-7-9(8)11(2)12-10;1-10-8-5-3-2-4-7(8)9(6-11)12-10;1-4(6)3-5-2;1-4-2-3;1-3-2-4/h2*4-7,10H,3H2,1-2H3;2-5,9H,6,11H2,1H3;5H,3H2,1-2H3;4H,2-3H2,1H3;3-4H,2H2,1H3. The van der Waals surface area contributed by atoms with Gasteiger partial charge in [0.2, 0.25) is 0 Å². The van der Waals surface area contributed by atoms with Crippen LogP contribution in [0.15, 0.2) is 72.8 Å². The number of hydrogen-bond acceptors (Lipinski definition) is 10. The van der Waals surface area contributed by atoms with Crippen LogP contribution in [0.4, 0.5) is 0 Å². The van der Waals surface area contributed by atoms with Crippen LogP contribution in [-0.2, 0) is 18.8 Å². The van der Waals surface area contributed by atoms with E-state index in [2.05, 4.69) is 111 Å². The zero-order valence-corrected chi connectivity index (χ0v) is 31.9. The zero-order valence-electron chi connectivity index (χ0n) is 31.9. The van der Waals surface area contributed by atoms with Gasteiger partial charge in [-0.05, 0) is 74.0 Å². The number of aliphatic hydroxyl groups is 1. The van der Waals surface area contributed by atoms with Crippen LogP contribution >= 0.6 is 0 Å². The lowest BCUT2D eigenvalue weighted by Gasteiger charge is -2.08. The Bertz CT molecular complexity index is 1210. The number of fused-ring (bicyclic) bond motifs is 3. The Hall–Kier alpha value is -2.84. The van der Waals surface area contributed by atoms with E-state index in [1.54, 1.807) is 28.1 Å². The lowest BCUT2D eigenvalue weighted by Crippen LogP contribution is -2.23. The molecule has 3 aromatic rings. The second kappa shape index (κ2) is 26.0. The summed E-state index contributed by atoms with van der Waals surface area (Å²) in [4.78, 5) is 9.98. The monoisotopic (exact) mass is 690 g/mol. The molecule has 0 aliphatic carbocycles. The summed E-state index contributed by atoms with van der Waals surface area (Å²) in [6, 6.07) is 25.3. The number of nitrogens with two attached hydrogens (primary N) is 2. The predicted molar refractivity (Wildman–Crippen MR) is 213 cm³/mol. The number of nitrogens with one attached hydrogen (secondary N) is 3. The van der Waals surface area contributed by atoms with Gasteiger partial charge in [-0.3, -0.25) is 10.1 Å². The average molecular weight is 689 g/mol.